The van der Waals surface area contributed by atoms with Crippen LogP contribution in [0, 0.1) is 0 Å². The van der Waals surface area contributed by atoms with Crippen LogP contribution in [0.5, 0.6) is 0 Å². The molecule has 2 aromatic heterocycles. The Hall–Kier alpha value is -0.991. The molecule has 0 aliphatic heterocycles. The molecule has 0 amide bonds. The fourth-order valence-corrected chi connectivity index (χ4v) is 3.62. The summed E-state index contributed by atoms with van der Waals surface area (Å²) in [4.78, 5) is 16.6. The number of H-pyrrole nitrogens is 1. The van der Waals surface area contributed by atoms with E-state index < -0.39 is 0 Å². The first-order chi connectivity index (χ1) is 6.76. The second kappa shape index (κ2) is 3.64. The SMILES string of the molecule is CCc1c[se]c2cc(C(=O)OC)[nH]c12. The topological polar surface area (TPSA) is 42.1 Å². The van der Waals surface area contributed by atoms with E-state index in [9.17, 15) is 4.79 Å². The number of nitrogens with one attached hydrogen (secondary N) is 1. The second-order valence-corrected chi connectivity index (χ2v) is 4.94. The van der Waals surface area contributed by atoms with Gasteiger partial charge in [0.25, 0.3) is 0 Å². The molecule has 1 N–H and O–H groups in total. The van der Waals surface area contributed by atoms with Gasteiger partial charge in [0.05, 0.1) is 0 Å². The van der Waals surface area contributed by atoms with Crippen molar-refractivity contribution in [2.45, 2.75) is 13.3 Å². The van der Waals surface area contributed by atoms with Gasteiger partial charge < -0.3 is 0 Å². The van der Waals surface area contributed by atoms with Crippen LogP contribution < -0.4 is 0 Å². The molecular weight excluding hydrogens is 245 g/mol. The zero-order valence-electron chi connectivity index (χ0n) is 8.09. The van der Waals surface area contributed by atoms with Gasteiger partial charge in [-0.1, -0.05) is 0 Å². The molecule has 0 bridgehead atoms. The van der Waals surface area contributed by atoms with Crippen LogP contribution in [0.25, 0.3) is 9.78 Å². The average Bonchev–Trinajstić information content (AvgIpc) is 2.74. The molecule has 0 spiro atoms. The van der Waals surface area contributed by atoms with Crippen molar-refractivity contribution in [2.75, 3.05) is 7.11 Å². The van der Waals surface area contributed by atoms with E-state index in [2.05, 4.69) is 21.6 Å². The van der Waals surface area contributed by atoms with Gasteiger partial charge in [0.1, 0.15) is 0 Å². The van der Waals surface area contributed by atoms with Crippen molar-refractivity contribution in [1.29, 1.82) is 0 Å². The summed E-state index contributed by atoms with van der Waals surface area (Å²) in [6.07, 6.45) is 1.01. The maximum atomic E-state index is 11.2. The standard InChI is InChI=1S/C10H11NO2Se/c1-3-6-5-14-8-4-7(10(12)13-2)11-9(6)8/h4-5,11H,3H2,1-2H3. The molecule has 0 aliphatic carbocycles. The van der Waals surface area contributed by atoms with Crippen LogP contribution in [0.2, 0.25) is 0 Å². The Kier molecular flexibility index (Phi) is 2.48. The van der Waals surface area contributed by atoms with Crippen molar-refractivity contribution in [1.82, 2.24) is 4.98 Å². The quantitative estimate of drug-likeness (QED) is 0.654. The number of hydrogen-bond donors (Lipinski definition) is 1. The molecule has 0 saturated carbocycles. The zero-order chi connectivity index (χ0) is 10.1. The summed E-state index contributed by atoms with van der Waals surface area (Å²) in [5.41, 5.74) is 3.02. The number of aromatic amines is 1. The molecule has 0 unspecified atom stereocenters. The number of esters is 1. The number of hydrogen-bond acceptors (Lipinski definition) is 2. The summed E-state index contributed by atoms with van der Waals surface area (Å²) < 4.78 is 5.92. The first-order valence-electron chi connectivity index (χ1n) is 4.43. The molecule has 2 aromatic rings. The zero-order valence-corrected chi connectivity index (χ0v) is 9.80. The fourth-order valence-electron chi connectivity index (χ4n) is 1.44. The van der Waals surface area contributed by atoms with Gasteiger partial charge in [-0.3, -0.25) is 0 Å². The van der Waals surface area contributed by atoms with Crippen LogP contribution in [0.15, 0.2) is 11.0 Å². The third-order valence-electron chi connectivity index (χ3n) is 2.22. The van der Waals surface area contributed by atoms with E-state index in [1.807, 2.05) is 6.07 Å². The predicted molar refractivity (Wildman–Crippen MR) is 56.0 cm³/mol. The van der Waals surface area contributed by atoms with Crippen LogP contribution in [-0.2, 0) is 11.2 Å². The molecule has 0 fully saturated rings. The first-order valence-corrected chi connectivity index (χ1v) is 6.28. The van der Waals surface area contributed by atoms with Crippen LogP contribution in [0.1, 0.15) is 23.0 Å². The number of fused-ring (bicyclic) bond motifs is 1. The molecule has 14 heavy (non-hydrogen) atoms. The van der Waals surface area contributed by atoms with Crippen LogP contribution in [0.3, 0.4) is 0 Å². The van der Waals surface area contributed by atoms with Crippen LogP contribution >= 0.6 is 0 Å². The van der Waals surface area contributed by atoms with E-state index >= 15 is 0 Å². The summed E-state index contributed by atoms with van der Waals surface area (Å²) in [7, 11) is 1.40. The Morgan fingerprint density at radius 1 is 1.64 bits per heavy atom. The monoisotopic (exact) mass is 257 g/mol. The fraction of sp³-hybridized carbons (Fsp3) is 0.300. The Bertz CT molecular complexity index is 469. The Labute approximate surface area is 87.8 Å². The average molecular weight is 256 g/mol. The minimum absolute atomic E-state index is 0.286. The first kappa shape index (κ1) is 9.56. The summed E-state index contributed by atoms with van der Waals surface area (Å²) in [6.45, 7) is 2.12. The molecule has 4 heteroatoms. The van der Waals surface area contributed by atoms with E-state index in [0.717, 1.165) is 11.9 Å². The van der Waals surface area contributed by atoms with Crippen molar-refractivity contribution in [3.63, 3.8) is 0 Å². The molecule has 2 heterocycles. The summed E-state index contributed by atoms with van der Waals surface area (Å²) in [5, 5.41) is 0. The van der Waals surface area contributed by atoms with E-state index in [-0.39, 0.29) is 5.97 Å². The number of ether oxygens (including phenoxy) is 1. The van der Waals surface area contributed by atoms with E-state index in [4.69, 9.17) is 0 Å². The Balaban J connectivity index is 2.52. The van der Waals surface area contributed by atoms with E-state index in [1.165, 1.54) is 16.9 Å². The van der Waals surface area contributed by atoms with Crippen LogP contribution in [0.4, 0.5) is 0 Å². The van der Waals surface area contributed by atoms with Crippen molar-refractivity contribution in [3.8, 4) is 0 Å². The third-order valence-corrected chi connectivity index (χ3v) is 4.27. The number of carbonyl (C=O) groups excluding carboxylic acids is 1. The van der Waals surface area contributed by atoms with Crippen LogP contribution in [-0.4, -0.2) is 32.6 Å². The summed E-state index contributed by atoms with van der Waals surface area (Å²) in [6, 6.07) is 1.90. The molecule has 3 nitrogen and oxygen atoms in total. The van der Waals surface area contributed by atoms with Gasteiger partial charge in [0.15, 0.2) is 0 Å². The van der Waals surface area contributed by atoms with Crippen molar-refractivity contribution in [3.05, 3.63) is 22.3 Å². The second-order valence-electron chi connectivity index (χ2n) is 3.03. The van der Waals surface area contributed by atoms with Crippen molar-refractivity contribution < 1.29 is 9.53 Å². The number of rotatable bonds is 2. The van der Waals surface area contributed by atoms with Gasteiger partial charge in [0.2, 0.25) is 0 Å². The Morgan fingerprint density at radius 3 is 3.07 bits per heavy atom. The summed E-state index contributed by atoms with van der Waals surface area (Å²) in [5.74, 6) is -0.286. The maximum absolute atomic E-state index is 11.2. The number of methoxy groups -OCH3 is 1. The normalized spacial score (nSPS) is 10.7. The number of aromatic nitrogens is 1. The minimum atomic E-state index is -0.286. The van der Waals surface area contributed by atoms with E-state index in [1.54, 1.807) is 0 Å². The van der Waals surface area contributed by atoms with Gasteiger partial charge in [-0.15, -0.1) is 0 Å². The summed E-state index contributed by atoms with van der Waals surface area (Å²) >= 11 is 0.378. The van der Waals surface area contributed by atoms with Gasteiger partial charge in [-0.2, -0.15) is 0 Å². The molecule has 0 atom stereocenters. The molecular formula is C10H11NO2Se. The molecule has 0 saturated heterocycles. The van der Waals surface area contributed by atoms with Gasteiger partial charge in [0, 0.05) is 0 Å². The van der Waals surface area contributed by atoms with Gasteiger partial charge in [-0.05, 0) is 0 Å². The van der Waals surface area contributed by atoms with Gasteiger partial charge in [-0.25, -0.2) is 0 Å². The predicted octanol–water partition coefficient (Wildman–Crippen LogP) is 1.57. The van der Waals surface area contributed by atoms with Crippen molar-refractivity contribution in [2.24, 2.45) is 0 Å². The molecule has 0 aliphatic rings. The number of carbonyl (C=O) groups is 1. The van der Waals surface area contributed by atoms with Gasteiger partial charge >= 0.3 is 87.5 Å². The van der Waals surface area contributed by atoms with E-state index in [0.29, 0.717) is 20.2 Å². The molecule has 0 radical (unpaired) electrons. The van der Waals surface area contributed by atoms with Crippen molar-refractivity contribution >= 4 is 30.2 Å². The Morgan fingerprint density at radius 2 is 2.43 bits per heavy atom. The molecule has 74 valence electrons. The number of aryl methyl sites for hydroxylation is 1. The third kappa shape index (κ3) is 1.41. The molecule has 0 aromatic carbocycles. The molecule has 2 rings (SSSR count).